The average molecular weight is 287 g/mol. The van der Waals surface area contributed by atoms with E-state index in [0.29, 0.717) is 0 Å². The van der Waals surface area contributed by atoms with Crippen LogP contribution < -0.4 is 10.1 Å². The SMILES string of the molecule is CCCn1nccc1C(Cc1ccc(OC)cc1)NCC. The molecule has 1 heterocycles. The Bertz CT molecular complexity index is 533. The van der Waals surface area contributed by atoms with Gasteiger partial charge in [0.25, 0.3) is 0 Å². The highest BCUT2D eigenvalue weighted by Crippen LogP contribution is 2.20. The Labute approximate surface area is 127 Å². The Morgan fingerprint density at radius 1 is 1.19 bits per heavy atom. The van der Waals surface area contributed by atoms with Crippen LogP contribution in [0.3, 0.4) is 0 Å². The molecular formula is C17H25N3O. The smallest absolute Gasteiger partial charge is 0.118 e. The molecule has 4 nitrogen and oxygen atoms in total. The molecule has 1 aromatic carbocycles. The van der Waals surface area contributed by atoms with E-state index >= 15 is 0 Å². The summed E-state index contributed by atoms with van der Waals surface area (Å²) < 4.78 is 7.32. The number of hydrogen-bond donors (Lipinski definition) is 1. The lowest BCUT2D eigenvalue weighted by Gasteiger charge is -2.19. The fourth-order valence-electron chi connectivity index (χ4n) is 2.56. The van der Waals surface area contributed by atoms with Crippen molar-refractivity contribution >= 4 is 0 Å². The van der Waals surface area contributed by atoms with Gasteiger partial charge in [-0.05, 0) is 43.1 Å². The van der Waals surface area contributed by atoms with Crippen LogP contribution in [0.25, 0.3) is 0 Å². The Morgan fingerprint density at radius 3 is 2.57 bits per heavy atom. The van der Waals surface area contributed by atoms with Crippen LogP contribution in [-0.4, -0.2) is 23.4 Å². The van der Waals surface area contributed by atoms with E-state index in [-0.39, 0.29) is 6.04 Å². The molecule has 0 fully saturated rings. The second kappa shape index (κ2) is 7.84. The number of nitrogens with zero attached hydrogens (tertiary/aromatic N) is 2. The highest BCUT2D eigenvalue weighted by atomic mass is 16.5. The molecule has 0 aliphatic heterocycles. The van der Waals surface area contributed by atoms with Crippen molar-refractivity contribution in [2.24, 2.45) is 0 Å². The molecule has 0 saturated carbocycles. The van der Waals surface area contributed by atoms with Gasteiger partial charge in [-0.1, -0.05) is 26.0 Å². The van der Waals surface area contributed by atoms with E-state index < -0.39 is 0 Å². The maximum absolute atomic E-state index is 5.22. The Balaban J connectivity index is 2.15. The lowest BCUT2D eigenvalue weighted by Crippen LogP contribution is -2.25. The number of benzene rings is 1. The van der Waals surface area contributed by atoms with Gasteiger partial charge in [0.2, 0.25) is 0 Å². The zero-order valence-electron chi connectivity index (χ0n) is 13.2. The van der Waals surface area contributed by atoms with Crippen molar-refractivity contribution in [3.8, 4) is 5.75 Å². The third kappa shape index (κ3) is 4.08. The van der Waals surface area contributed by atoms with Crippen LogP contribution >= 0.6 is 0 Å². The lowest BCUT2D eigenvalue weighted by molar-refractivity contribution is 0.414. The van der Waals surface area contributed by atoms with Gasteiger partial charge in [-0.3, -0.25) is 4.68 Å². The number of ether oxygens (including phenoxy) is 1. The normalized spacial score (nSPS) is 12.3. The molecule has 0 spiro atoms. The van der Waals surface area contributed by atoms with Gasteiger partial charge in [-0.25, -0.2) is 0 Å². The number of aryl methyl sites for hydroxylation is 1. The highest BCUT2D eigenvalue weighted by Gasteiger charge is 2.15. The summed E-state index contributed by atoms with van der Waals surface area (Å²) in [6.07, 6.45) is 3.94. The largest absolute Gasteiger partial charge is 0.497 e. The predicted molar refractivity (Wildman–Crippen MR) is 85.6 cm³/mol. The molecule has 0 aliphatic rings. The van der Waals surface area contributed by atoms with Crippen molar-refractivity contribution in [3.05, 3.63) is 47.8 Å². The second-order valence-electron chi connectivity index (χ2n) is 5.14. The van der Waals surface area contributed by atoms with Gasteiger partial charge < -0.3 is 10.1 Å². The average Bonchev–Trinajstić information content (AvgIpc) is 2.96. The second-order valence-corrected chi connectivity index (χ2v) is 5.14. The van der Waals surface area contributed by atoms with Crippen molar-refractivity contribution in [3.63, 3.8) is 0 Å². The molecule has 2 rings (SSSR count). The van der Waals surface area contributed by atoms with E-state index in [9.17, 15) is 0 Å². The topological polar surface area (TPSA) is 39.1 Å². The summed E-state index contributed by atoms with van der Waals surface area (Å²) in [4.78, 5) is 0. The summed E-state index contributed by atoms with van der Waals surface area (Å²) in [5.41, 5.74) is 2.56. The molecule has 114 valence electrons. The first-order chi connectivity index (χ1) is 10.3. The van der Waals surface area contributed by atoms with Crippen LogP contribution in [0.15, 0.2) is 36.5 Å². The lowest BCUT2D eigenvalue weighted by atomic mass is 10.0. The molecule has 0 aliphatic carbocycles. The summed E-state index contributed by atoms with van der Waals surface area (Å²) in [5.74, 6) is 0.898. The summed E-state index contributed by atoms with van der Waals surface area (Å²) in [7, 11) is 1.69. The van der Waals surface area contributed by atoms with Crippen LogP contribution in [0.1, 0.15) is 37.6 Å². The number of aromatic nitrogens is 2. The van der Waals surface area contributed by atoms with Crippen LogP contribution in [-0.2, 0) is 13.0 Å². The molecule has 0 saturated heterocycles. The number of rotatable bonds is 8. The van der Waals surface area contributed by atoms with Crippen molar-refractivity contribution in [1.82, 2.24) is 15.1 Å². The number of likely N-dealkylation sites (N-methyl/N-ethyl adjacent to an activating group) is 1. The van der Waals surface area contributed by atoms with Crippen LogP contribution in [0, 0.1) is 0 Å². The third-order valence-corrected chi connectivity index (χ3v) is 3.59. The number of nitrogens with one attached hydrogen (secondary N) is 1. The van der Waals surface area contributed by atoms with E-state index in [1.807, 2.05) is 18.3 Å². The molecule has 1 unspecified atom stereocenters. The molecular weight excluding hydrogens is 262 g/mol. The minimum absolute atomic E-state index is 0.289. The van der Waals surface area contributed by atoms with Gasteiger partial charge >= 0.3 is 0 Å². The molecule has 4 heteroatoms. The molecule has 0 bridgehead atoms. The first-order valence-electron chi connectivity index (χ1n) is 7.66. The van der Waals surface area contributed by atoms with Gasteiger partial charge in [-0.15, -0.1) is 0 Å². The van der Waals surface area contributed by atoms with E-state index in [0.717, 1.165) is 31.7 Å². The summed E-state index contributed by atoms with van der Waals surface area (Å²) in [6, 6.07) is 10.7. The highest BCUT2D eigenvalue weighted by molar-refractivity contribution is 5.28. The van der Waals surface area contributed by atoms with Gasteiger partial charge in [0.15, 0.2) is 0 Å². The van der Waals surface area contributed by atoms with Gasteiger partial charge in [0, 0.05) is 12.7 Å². The molecule has 0 radical (unpaired) electrons. The van der Waals surface area contributed by atoms with E-state index in [1.54, 1.807) is 7.11 Å². The van der Waals surface area contributed by atoms with E-state index in [1.165, 1.54) is 11.3 Å². The van der Waals surface area contributed by atoms with Crippen molar-refractivity contribution < 1.29 is 4.74 Å². The molecule has 1 N–H and O–H groups in total. The summed E-state index contributed by atoms with van der Waals surface area (Å²) >= 11 is 0. The van der Waals surface area contributed by atoms with Crippen molar-refractivity contribution in [2.45, 2.75) is 39.3 Å². The van der Waals surface area contributed by atoms with E-state index in [4.69, 9.17) is 4.74 Å². The predicted octanol–water partition coefficient (Wildman–Crippen LogP) is 3.20. The minimum Gasteiger partial charge on any atom is -0.497 e. The Hall–Kier alpha value is -1.81. The summed E-state index contributed by atoms with van der Waals surface area (Å²) in [5, 5.41) is 8.00. The number of hydrogen-bond acceptors (Lipinski definition) is 3. The molecule has 1 atom stereocenters. The fraction of sp³-hybridized carbons (Fsp3) is 0.471. The Kier molecular flexibility index (Phi) is 5.81. The van der Waals surface area contributed by atoms with Gasteiger partial charge in [0.1, 0.15) is 5.75 Å². The standard InChI is InChI=1S/C17H25N3O/c1-4-12-20-17(10-11-19-20)16(18-5-2)13-14-6-8-15(21-3)9-7-14/h6-11,16,18H,4-5,12-13H2,1-3H3. The number of methoxy groups -OCH3 is 1. The maximum Gasteiger partial charge on any atom is 0.118 e. The first-order valence-corrected chi connectivity index (χ1v) is 7.66. The van der Waals surface area contributed by atoms with Gasteiger partial charge in [-0.2, -0.15) is 5.10 Å². The first kappa shape index (κ1) is 15.6. The molecule has 2 aromatic rings. The zero-order chi connectivity index (χ0) is 15.1. The Morgan fingerprint density at radius 2 is 1.95 bits per heavy atom. The quantitative estimate of drug-likeness (QED) is 0.810. The fourth-order valence-corrected chi connectivity index (χ4v) is 2.56. The van der Waals surface area contributed by atoms with E-state index in [2.05, 4.69) is 47.1 Å². The van der Waals surface area contributed by atoms with Crippen LogP contribution in [0.5, 0.6) is 5.75 Å². The molecule has 21 heavy (non-hydrogen) atoms. The molecule has 1 aromatic heterocycles. The van der Waals surface area contributed by atoms with Crippen LogP contribution in [0.4, 0.5) is 0 Å². The zero-order valence-corrected chi connectivity index (χ0v) is 13.2. The summed E-state index contributed by atoms with van der Waals surface area (Å²) in [6.45, 7) is 6.23. The minimum atomic E-state index is 0.289. The maximum atomic E-state index is 5.22. The van der Waals surface area contributed by atoms with Gasteiger partial charge in [0.05, 0.1) is 18.8 Å². The van der Waals surface area contributed by atoms with Crippen molar-refractivity contribution in [1.29, 1.82) is 0 Å². The van der Waals surface area contributed by atoms with Crippen molar-refractivity contribution in [2.75, 3.05) is 13.7 Å². The van der Waals surface area contributed by atoms with Crippen LogP contribution in [0.2, 0.25) is 0 Å². The third-order valence-electron chi connectivity index (χ3n) is 3.59. The monoisotopic (exact) mass is 287 g/mol. The molecule has 0 amide bonds.